The van der Waals surface area contributed by atoms with Crippen LogP contribution in [0.15, 0.2) is 0 Å². The topological polar surface area (TPSA) is 42.6 Å². The minimum Gasteiger partial charge on any atom is -0.314 e. The van der Waals surface area contributed by atoms with Crippen LogP contribution in [-0.2, 0) is 0 Å². The number of hydrogen-bond acceptors (Lipinski definition) is 5. The van der Waals surface area contributed by atoms with E-state index in [0.717, 1.165) is 39.3 Å². The molecule has 19 heavy (non-hydrogen) atoms. The van der Waals surface area contributed by atoms with E-state index in [4.69, 9.17) is 0 Å². The van der Waals surface area contributed by atoms with Crippen molar-refractivity contribution in [3.05, 3.63) is 0 Å². The van der Waals surface area contributed by atoms with E-state index in [1.807, 2.05) is 0 Å². The van der Waals surface area contributed by atoms with Gasteiger partial charge in [-0.05, 0) is 13.8 Å². The lowest BCUT2D eigenvalue weighted by Gasteiger charge is -2.35. The van der Waals surface area contributed by atoms with Crippen LogP contribution in [0.25, 0.3) is 0 Å². The Morgan fingerprint density at radius 1 is 0.789 bits per heavy atom. The Balaban J connectivity index is 1.59. The molecule has 2 aliphatic rings. The molecule has 0 radical (unpaired) electrons. The van der Waals surface area contributed by atoms with Crippen LogP contribution in [0, 0.1) is 0 Å². The molecule has 2 aliphatic heterocycles. The van der Waals surface area contributed by atoms with Crippen molar-refractivity contribution < 1.29 is 0 Å². The van der Waals surface area contributed by atoms with Crippen LogP contribution in [0.3, 0.4) is 0 Å². The Kier molecular flexibility index (Phi) is 6.53. The summed E-state index contributed by atoms with van der Waals surface area (Å²) in [4.78, 5) is 5.16. The molecule has 0 bridgehead atoms. The number of hydrogen-bond donors (Lipinski definition) is 3. The molecule has 0 spiro atoms. The van der Waals surface area contributed by atoms with Gasteiger partial charge in [0, 0.05) is 77.5 Å². The second kappa shape index (κ2) is 8.17. The van der Waals surface area contributed by atoms with Gasteiger partial charge in [0.25, 0.3) is 0 Å². The summed E-state index contributed by atoms with van der Waals surface area (Å²) in [5.41, 5.74) is 0. The lowest BCUT2D eigenvalue weighted by Crippen LogP contribution is -2.53. The first-order chi connectivity index (χ1) is 9.27. The third-order valence-electron chi connectivity index (χ3n) is 4.43. The van der Waals surface area contributed by atoms with Gasteiger partial charge >= 0.3 is 0 Å². The van der Waals surface area contributed by atoms with E-state index in [1.165, 1.54) is 26.2 Å². The first kappa shape index (κ1) is 15.2. The van der Waals surface area contributed by atoms with Crippen LogP contribution in [-0.4, -0.2) is 87.3 Å². The summed E-state index contributed by atoms with van der Waals surface area (Å²) in [5, 5.41) is 10.5. The molecule has 2 heterocycles. The SMILES string of the molecule is CC(CNCC(C)N1CCNCC1)N1CCNCC1. The molecule has 0 amide bonds. The highest BCUT2D eigenvalue weighted by atomic mass is 15.2. The third kappa shape index (κ3) is 5.00. The smallest absolute Gasteiger partial charge is 0.0193 e. The summed E-state index contributed by atoms with van der Waals surface area (Å²) in [5.74, 6) is 0. The summed E-state index contributed by atoms with van der Waals surface area (Å²) in [6, 6.07) is 1.30. The van der Waals surface area contributed by atoms with Crippen LogP contribution in [0.2, 0.25) is 0 Å². The Labute approximate surface area is 118 Å². The fraction of sp³-hybridized carbons (Fsp3) is 1.00. The fourth-order valence-corrected chi connectivity index (χ4v) is 3.01. The zero-order valence-electron chi connectivity index (χ0n) is 12.6. The molecule has 2 atom stereocenters. The van der Waals surface area contributed by atoms with Crippen molar-refractivity contribution in [1.29, 1.82) is 0 Å². The zero-order chi connectivity index (χ0) is 13.5. The van der Waals surface area contributed by atoms with Crippen molar-refractivity contribution in [2.45, 2.75) is 25.9 Å². The van der Waals surface area contributed by atoms with E-state index in [9.17, 15) is 0 Å². The molecule has 0 saturated carbocycles. The average molecular weight is 269 g/mol. The van der Waals surface area contributed by atoms with E-state index in [0.29, 0.717) is 12.1 Å². The minimum atomic E-state index is 0.650. The quantitative estimate of drug-likeness (QED) is 0.587. The number of piperazine rings is 2. The van der Waals surface area contributed by atoms with Gasteiger partial charge in [-0.3, -0.25) is 9.80 Å². The van der Waals surface area contributed by atoms with Crippen LogP contribution in [0.1, 0.15) is 13.8 Å². The first-order valence-corrected chi connectivity index (χ1v) is 7.87. The zero-order valence-corrected chi connectivity index (χ0v) is 12.6. The van der Waals surface area contributed by atoms with E-state index < -0.39 is 0 Å². The maximum atomic E-state index is 3.66. The largest absolute Gasteiger partial charge is 0.314 e. The predicted octanol–water partition coefficient (Wildman–Crippen LogP) is -0.837. The predicted molar refractivity (Wildman–Crippen MR) is 80.7 cm³/mol. The second-order valence-corrected chi connectivity index (χ2v) is 5.93. The van der Waals surface area contributed by atoms with Crippen molar-refractivity contribution in [1.82, 2.24) is 25.8 Å². The van der Waals surface area contributed by atoms with E-state index in [2.05, 4.69) is 39.6 Å². The first-order valence-electron chi connectivity index (χ1n) is 7.87. The lowest BCUT2D eigenvalue weighted by molar-refractivity contribution is 0.163. The summed E-state index contributed by atoms with van der Waals surface area (Å²) in [6.07, 6.45) is 0. The normalized spacial score (nSPS) is 26.2. The van der Waals surface area contributed by atoms with E-state index >= 15 is 0 Å². The van der Waals surface area contributed by atoms with Gasteiger partial charge in [0.1, 0.15) is 0 Å². The molecule has 2 fully saturated rings. The fourth-order valence-electron chi connectivity index (χ4n) is 3.01. The van der Waals surface area contributed by atoms with Gasteiger partial charge in [0.05, 0.1) is 0 Å². The number of nitrogens with zero attached hydrogens (tertiary/aromatic N) is 2. The van der Waals surface area contributed by atoms with Crippen molar-refractivity contribution >= 4 is 0 Å². The molecule has 2 rings (SSSR count). The Bertz CT molecular complexity index is 212. The number of nitrogens with one attached hydrogen (secondary N) is 3. The second-order valence-electron chi connectivity index (χ2n) is 5.93. The van der Waals surface area contributed by atoms with Crippen molar-refractivity contribution in [3.63, 3.8) is 0 Å². The Morgan fingerprint density at radius 3 is 1.53 bits per heavy atom. The molecule has 112 valence electrons. The highest BCUT2D eigenvalue weighted by molar-refractivity contribution is 4.78. The minimum absolute atomic E-state index is 0.650. The summed E-state index contributed by atoms with van der Waals surface area (Å²) in [6.45, 7) is 16.2. The molecule has 0 aromatic heterocycles. The van der Waals surface area contributed by atoms with Gasteiger partial charge in [-0.1, -0.05) is 0 Å². The molecule has 3 N–H and O–H groups in total. The van der Waals surface area contributed by atoms with Crippen LogP contribution >= 0.6 is 0 Å². The molecule has 0 aliphatic carbocycles. The summed E-state index contributed by atoms with van der Waals surface area (Å²) in [7, 11) is 0. The van der Waals surface area contributed by atoms with Crippen LogP contribution < -0.4 is 16.0 Å². The van der Waals surface area contributed by atoms with Crippen molar-refractivity contribution in [3.8, 4) is 0 Å². The third-order valence-corrected chi connectivity index (χ3v) is 4.43. The molecule has 0 aromatic rings. The molecular formula is C14H31N5. The summed E-state index contributed by atoms with van der Waals surface area (Å²) < 4.78 is 0. The van der Waals surface area contributed by atoms with Crippen LogP contribution in [0.5, 0.6) is 0 Å². The van der Waals surface area contributed by atoms with Gasteiger partial charge in [-0.15, -0.1) is 0 Å². The Hall–Kier alpha value is -0.200. The van der Waals surface area contributed by atoms with Gasteiger partial charge in [0.2, 0.25) is 0 Å². The molecular weight excluding hydrogens is 238 g/mol. The lowest BCUT2D eigenvalue weighted by atomic mass is 10.2. The van der Waals surface area contributed by atoms with Gasteiger partial charge in [0.15, 0.2) is 0 Å². The molecule has 5 heteroatoms. The molecule has 0 aromatic carbocycles. The average Bonchev–Trinajstić information content (AvgIpc) is 2.49. The van der Waals surface area contributed by atoms with E-state index in [1.54, 1.807) is 0 Å². The maximum absolute atomic E-state index is 3.66. The highest BCUT2D eigenvalue weighted by Gasteiger charge is 2.18. The number of rotatable bonds is 6. The molecule has 2 unspecified atom stereocenters. The molecule has 2 saturated heterocycles. The van der Waals surface area contributed by atoms with E-state index in [-0.39, 0.29) is 0 Å². The summed E-state index contributed by atoms with van der Waals surface area (Å²) >= 11 is 0. The monoisotopic (exact) mass is 269 g/mol. The standard InChI is InChI=1S/C14H31N5/c1-13(18-7-3-15-4-8-18)11-17-12-14(2)19-9-5-16-6-10-19/h13-17H,3-12H2,1-2H3. The van der Waals surface area contributed by atoms with Gasteiger partial charge in [-0.25, -0.2) is 0 Å². The Morgan fingerprint density at radius 2 is 1.16 bits per heavy atom. The van der Waals surface area contributed by atoms with Gasteiger partial charge < -0.3 is 16.0 Å². The maximum Gasteiger partial charge on any atom is 0.0193 e. The van der Waals surface area contributed by atoms with Gasteiger partial charge in [-0.2, -0.15) is 0 Å². The molecule has 5 nitrogen and oxygen atoms in total. The highest BCUT2D eigenvalue weighted by Crippen LogP contribution is 2.02. The van der Waals surface area contributed by atoms with Crippen LogP contribution in [0.4, 0.5) is 0 Å². The van der Waals surface area contributed by atoms with Crippen molar-refractivity contribution in [2.75, 3.05) is 65.4 Å². The van der Waals surface area contributed by atoms with Crippen molar-refractivity contribution in [2.24, 2.45) is 0 Å².